The van der Waals surface area contributed by atoms with Gasteiger partial charge < -0.3 is 15.4 Å². The van der Waals surface area contributed by atoms with Crippen LogP contribution in [0.25, 0.3) is 10.8 Å². The molecule has 23 heavy (non-hydrogen) atoms. The maximum atomic E-state index is 13.1. The molecule has 0 saturated carbocycles. The molecule has 2 aromatic rings. The second kappa shape index (κ2) is 5.96. The SMILES string of the molecule is COCC1(C(N)=O)CCCN1C(=O)c1cccc2cnccc12. The fourth-order valence-electron chi connectivity index (χ4n) is 3.35. The largest absolute Gasteiger partial charge is 0.382 e. The van der Waals surface area contributed by atoms with Gasteiger partial charge in [-0.25, -0.2) is 0 Å². The van der Waals surface area contributed by atoms with E-state index in [0.717, 1.165) is 17.2 Å². The van der Waals surface area contributed by atoms with Crippen molar-refractivity contribution in [1.29, 1.82) is 0 Å². The third-order valence-corrected chi connectivity index (χ3v) is 4.49. The van der Waals surface area contributed by atoms with Gasteiger partial charge >= 0.3 is 0 Å². The molecule has 6 nitrogen and oxygen atoms in total. The van der Waals surface area contributed by atoms with Crippen LogP contribution in [-0.2, 0) is 9.53 Å². The molecular formula is C17H19N3O3. The summed E-state index contributed by atoms with van der Waals surface area (Å²) in [6, 6.07) is 7.29. The molecule has 2 heterocycles. The normalized spacial score (nSPS) is 20.8. The van der Waals surface area contributed by atoms with E-state index in [2.05, 4.69) is 4.98 Å². The standard InChI is InChI=1S/C17H19N3O3/c1-23-11-17(16(18)22)7-3-9-20(17)15(21)14-5-2-4-12-10-19-8-6-13(12)14/h2,4-6,8,10H,3,7,9,11H2,1H3,(H2,18,22). The maximum Gasteiger partial charge on any atom is 0.255 e. The van der Waals surface area contributed by atoms with Crippen molar-refractivity contribution in [1.82, 2.24) is 9.88 Å². The summed E-state index contributed by atoms with van der Waals surface area (Å²) in [6.07, 6.45) is 4.62. The van der Waals surface area contributed by atoms with E-state index in [1.807, 2.05) is 12.1 Å². The number of aromatic nitrogens is 1. The highest BCUT2D eigenvalue weighted by molar-refractivity contribution is 6.08. The number of carbonyl (C=O) groups excluding carboxylic acids is 2. The minimum atomic E-state index is -1.07. The molecule has 1 aliphatic heterocycles. The zero-order chi connectivity index (χ0) is 16.4. The van der Waals surface area contributed by atoms with E-state index in [9.17, 15) is 9.59 Å². The van der Waals surface area contributed by atoms with Crippen molar-refractivity contribution in [3.8, 4) is 0 Å². The number of amides is 2. The molecule has 120 valence electrons. The van der Waals surface area contributed by atoms with Crippen LogP contribution >= 0.6 is 0 Å². The van der Waals surface area contributed by atoms with E-state index in [1.165, 1.54) is 7.11 Å². The van der Waals surface area contributed by atoms with Gasteiger partial charge in [0.2, 0.25) is 5.91 Å². The first-order valence-electron chi connectivity index (χ1n) is 7.54. The lowest BCUT2D eigenvalue weighted by Crippen LogP contribution is -2.58. The number of nitrogens with two attached hydrogens (primary N) is 1. The molecule has 0 bridgehead atoms. The predicted molar refractivity (Wildman–Crippen MR) is 85.8 cm³/mol. The smallest absolute Gasteiger partial charge is 0.255 e. The molecular weight excluding hydrogens is 294 g/mol. The Bertz CT molecular complexity index is 756. The maximum absolute atomic E-state index is 13.1. The van der Waals surface area contributed by atoms with Crippen molar-refractivity contribution in [2.45, 2.75) is 18.4 Å². The Balaban J connectivity index is 2.06. The molecule has 1 unspecified atom stereocenters. The van der Waals surface area contributed by atoms with Crippen LogP contribution in [0.15, 0.2) is 36.7 Å². The Labute approximate surface area is 134 Å². The van der Waals surface area contributed by atoms with Crippen molar-refractivity contribution >= 4 is 22.6 Å². The summed E-state index contributed by atoms with van der Waals surface area (Å²) in [5.74, 6) is -0.720. The summed E-state index contributed by atoms with van der Waals surface area (Å²) in [7, 11) is 1.51. The fourth-order valence-corrected chi connectivity index (χ4v) is 3.35. The average molecular weight is 313 g/mol. The predicted octanol–water partition coefficient (Wildman–Crippen LogP) is 1.34. The Morgan fingerprint density at radius 1 is 1.39 bits per heavy atom. The third kappa shape index (κ3) is 2.45. The van der Waals surface area contributed by atoms with E-state index >= 15 is 0 Å². The summed E-state index contributed by atoms with van der Waals surface area (Å²) in [5.41, 5.74) is 5.10. The van der Waals surface area contributed by atoms with Crippen LogP contribution in [0.1, 0.15) is 23.2 Å². The molecule has 6 heteroatoms. The molecule has 3 rings (SSSR count). The molecule has 1 atom stereocenters. The number of hydrogen-bond donors (Lipinski definition) is 1. The van der Waals surface area contributed by atoms with Gasteiger partial charge in [0.1, 0.15) is 5.54 Å². The van der Waals surface area contributed by atoms with Crippen LogP contribution in [0, 0.1) is 0 Å². The number of rotatable bonds is 4. The average Bonchev–Trinajstić information content (AvgIpc) is 2.99. The Morgan fingerprint density at radius 3 is 2.96 bits per heavy atom. The van der Waals surface area contributed by atoms with Gasteiger partial charge in [0.05, 0.1) is 6.61 Å². The lowest BCUT2D eigenvalue weighted by molar-refractivity contribution is -0.130. The minimum absolute atomic E-state index is 0.112. The molecule has 1 fully saturated rings. The number of fused-ring (bicyclic) bond motifs is 1. The second-order valence-electron chi connectivity index (χ2n) is 5.79. The fraction of sp³-hybridized carbons (Fsp3) is 0.353. The highest BCUT2D eigenvalue weighted by Crippen LogP contribution is 2.32. The van der Waals surface area contributed by atoms with Gasteiger partial charge in [0, 0.05) is 37.0 Å². The van der Waals surface area contributed by atoms with Gasteiger partial charge in [0.15, 0.2) is 0 Å². The molecule has 1 aromatic carbocycles. The van der Waals surface area contributed by atoms with Gasteiger partial charge in [-0.3, -0.25) is 14.6 Å². The highest BCUT2D eigenvalue weighted by atomic mass is 16.5. The molecule has 2 N–H and O–H groups in total. The third-order valence-electron chi connectivity index (χ3n) is 4.49. The lowest BCUT2D eigenvalue weighted by Gasteiger charge is -2.35. The number of primary amides is 1. The number of benzene rings is 1. The van der Waals surface area contributed by atoms with Crippen LogP contribution in [0.3, 0.4) is 0 Å². The van der Waals surface area contributed by atoms with Gasteiger partial charge in [-0.05, 0) is 30.4 Å². The van der Waals surface area contributed by atoms with E-state index < -0.39 is 11.4 Å². The number of ether oxygens (including phenoxy) is 1. The van der Waals surface area contributed by atoms with Crippen molar-refractivity contribution in [3.63, 3.8) is 0 Å². The molecule has 0 spiro atoms. The lowest BCUT2D eigenvalue weighted by atomic mass is 9.95. The Kier molecular flexibility index (Phi) is 4.00. The first-order valence-corrected chi connectivity index (χ1v) is 7.54. The van der Waals surface area contributed by atoms with Gasteiger partial charge in [-0.1, -0.05) is 12.1 Å². The topological polar surface area (TPSA) is 85.5 Å². The van der Waals surface area contributed by atoms with Crippen molar-refractivity contribution in [2.24, 2.45) is 5.73 Å². The summed E-state index contributed by atoms with van der Waals surface area (Å²) < 4.78 is 5.19. The van der Waals surface area contributed by atoms with Crippen LogP contribution in [0.4, 0.5) is 0 Å². The molecule has 1 aliphatic rings. The molecule has 2 amide bonds. The van der Waals surface area contributed by atoms with E-state index in [0.29, 0.717) is 18.5 Å². The van der Waals surface area contributed by atoms with Crippen LogP contribution < -0.4 is 5.73 Å². The van der Waals surface area contributed by atoms with Crippen molar-refractivity contribution < 1.29 is 14.3 Å². The zero-order valence-corrected chi connectivity index (χ0v) is 13.0. The zero-order valence-electron chi connectivity index (χ0n) is 13.0. The second-order valence-corrected chi connectivity index (χ2v) is 5.79. The Hall–Kier alpha value is -2.47. The first kappa shape index (κ1) is 15.4. The molecule has 1 saturated heterocycles. The van der Waals surface area contributed by atoms with E-state index in [1.54, 1.807) is 29.4 Å². The number of methoxy groups -OCH3 is 1. The summed E-state index contributed by atoms with van der Waals surface area (Å²) in [5, 5.41) is 1.70. The minimum Gasteiger partial charge on any atom is -0.382 e. The number of likely N-dealkylation sites (tertiary alicyclic amines) is 1. The van der Waals surface area contributed by atoms with Gasteiger partial charge in [-0.2, -0.15) is 0 Å². The molecule has 0 radical (unpaired) electrons. The quantitative estimate of drug-likeness (QED) is 0.923. The van der Waals surface area contributed by atoms with Crippen LogP contribution in [0.5, 0.6) is 0 Å². The molecule has 0 aliphatic carbocycles. The summed E-state index contributed by atoms with van der Waals surface area (Å²) in [4.78, 5) is 30.8. The highest BCUT2D eigenvalue weighted by Gasteiger charge is 2.49. The number of nitrogens with zero attached hydrogens (tertiary/aromatic N) is 2. The van der Waals surface area contributed by atoms with Gasteiger partial charge in [0.25, 0.3) is 5.91 Å². The van der Waals surface area contributed by atoms with Crippen LogP contribution in [-0.4, -0.2) is 47.5 Å². The van der Waals surface area contributed by atoms with Crippen molar-refractivity contribution in [2.75, 3.05) is 20.3 Å². The molecule has 1 aromatic heterocycles. The van der Waals surface area contributed by atoms with E-state index in [4.69, 9.17) is 10.5 Å². The number of pyridine rings is 1. The summed E-state index contributed by atoms with van der Waals surface area (Å²) in [6.45, 7) is 0.604. The number of hydrogen-bond acceptors (Lipinski definition) is 4. The number of carbonyl (C=O) groups is 2. The first-order chi connectivity index (χ1) is 11.1. The van der Waals surface area contributed by atoms with Gasteiger partial charge in [-0.15, -0.1) is 0 Å². The summed E-state index contributed by atoms with van der Waals surface area (Å²) >= 11 is 0. The van der Waals surface area contributed by atoms with Crippen LogP contribution in [0.2, 0.25) is 0 Å². The van der Waals surface area contributed by atoms with Crippen molar-refractivity contribution in [3.05, 3.63) is 42.2 Å². The van der Waals surface area contributed by atoms with E-state index in [-0.39, 0.29) is 12.5 Å². The Morgan fingerprint density at radius 2 is 2.22 bits per heavy atom. The monoisotopic (exact) mass is 313 g/mol.